The van der Waals surface area contributed by atoms with Gasteiger partial charge in [0.25, 0.3) is 5.91 Å². The Labute approximate surface area is 154 Å². The van der Waals surface area contributed by atoms with Crippen LogP contribution in [-0.4, -0.2) is 35.0 Å². The minimum absolute atomic E-state index is 0.00998. The number of hydrogen-bond donors (Lipinski definition) is 0. The highest BCUT2D eigenvalue weighted by molar-refractivity contribution is 7.16. The van der Waals surface area contributed by atoms with Crippen LogP contribution in [0.5, 0.6) is 5.75 Å². The first-order valence-electron chi connectivity index (χ1n) is 8.49. The van der Waals surface area contributed by atoms with E-state index in [9.17, 15) is 9.59 Å². The molecule has 0 radical (unpaired) electrons. The number of rotatable bonds is 3. The molecule has 1 amide bonds. The average Bonchev–Trinajstić information content (AvgIpc) is 3.08. The lowest BCUT2D eigenvalue weighted by Gasteiger charge is -2.32. The van der Waals surface area contributed by atoms with Crippen molar-refractivity contribution in [3.63, 3.8) is 0 Å². The van der Waals surface area contributed by atoms with Crippen molar-refractivity contribution < 1.29 is 13.9 Å². The number of amides is 1. The Bertz CT molecular complexity index is 1000. The summed E-state index contributed by atoms with van der Waals surface area (Å²) >= 11 is 1.53. The fraction of sp³-hybridized carbons (Fsp3) is 0.316. The summed E-state index contributed by atoms with van der Waals surface area (Å²) in [5, 5.41) is 0. The molecule has 0 saturated carbocycles. The lowest BCUT2D eigenvalue weighted by Crippen LogP contribution is -2.41. The molecular weight excluding hydrogens is 352 g/mol. The van der Waals surface area contributed by atoms with Crippen molar-refractivity contribution in [2.24, 2.45) is 0 Å². The van der Waals surface area contributed by atoms with Crippen LogP contribution >= 0.6 is 11.3 Å². The van der Waals surface area contributed by atoms with Crippen molar-refractivity contribution in [2.75, 3.05) is 13.1 Å². The number of aryl methyl sites for hydroxylation is 1. The minimum Gasteiger partial charge on any atom is -0.490 e. The van der Waals surface area contributed by atoms with Crippen LogP contribution in [0.4, 0.5) is 0 Å². The van der Waals surface area contributed by atoms with E-state index in [0.717, 1.165) is 23.1 Å². The van der Waals surface area contributed by atoms with E-state index in [1.807, 2.05) is 23.1 Å². The molecule has 1 aliphatic rings. The first-order chi connectivity index (χ1) is 12.6. The Morgan fingerprint density at radius 3 is 2.85 bits per heavy atom. The van der Waals surface area contributed by atoms with Gasteiger partial charge in [-0.25, -0.2) is 9.78 Å². The molecule has 0 bridgehead atoms. The molecule has 6 nitrogen and oxygen atoms in total. The maximum atomic E-state index is 12.7. The Kier molecular flexibility index (Phi) is 4.46. The van der Waals surface area contributed by atoms with Crippen molar-refractivity contribution in [2.45, 2.75) is 25.9 Å². The van der Waals surface area contributed by atoms with Gasteiger partial charge in [-0.1, -0.05) is 0 Å². The standard InChI is InChI=1S/C19H18N2O4S/c1-12-8-15(10-18(22)24-12)25-14-4-6-21(7-5-14)19(23)13-2-3-16-17(9-13)26-11-20-16/h2-3,8-11,14H,4-7H2,1H3. The SMILES string of the molecule is Cc1cc(OC2CCN(C(=O)c3ccc4ncsc4c3)CC2)cc(=O)o1. The normalized spacial score (nSPS) is 15.3. The number of piperidine rings is 1. The van der Waals surface area contributed by atoms with E-state index in [2.05, 4.69) is 4.98 Å². The third-order valence-electron chi connectivity index (χ3n) is 4.48. The van der Waals surface area contributed by atoms with E-state index in [1.54, 1.807) is 18.5 Å². The van der Waals surface area contributed by atoms with Crippen LogP contribution < -0.4 is 10.4 Å². The van der Waals surface area contributed by atoms with Gasteiger partial charge in [0.1, 0.15) is 17.6 Å². The smallest absolute Gasteiger partial charge is 0.339 e. The molecule has 1 aliphatic heterocycles. The number of nitrogens with zero attached hydrogens (tertiary/aromatic N) is 2. The molecule has 1 fully saturated rings. The summed E-state index contributed by atoms with van der Waals surface area (Å²) in [5.41, 5.74) is 2.98. The number of likely N-dealkylation sites (tertiary alicyclic amines) is 1. The molecule has 0 unspecified atom stereocenters. The zero-order valence-electron chi connectivity index (χ0n) is 14.3. The largest absolute Gasteiger partial charge is 0.490 e. The Hall–Kier alpha value is -2.67. The van der Waals surface area contributed by atoms with Crippen LogP contribution in [0.25, 0.3) is 10.2 Å². The highest BCUT2D eigenvalue weighted by Gasteiger charge is 2.25. The number of aromatic nitrogens is 1. The van der Waals surface area contributed by atoms with E-state index in [1.165, 1.54) is 17.4 Å². The molecule has 0 N–H and O–H groups in total. The van der Waals surface area contributed by atoms with Gasteiger partial charge in [-0.3, -0.25) is 4.79 Å². The summed E-state index contributed by atoms with van der Waals surface area (Å²) in [6.45, 7) is 2.98. The van der Waals surface area contributed by atoms with Gasteiger partial charge in [0.05, 0.1) is 21.8 Å². The van der Waals surface area contributed by atoms with Crippen molar-refractivity contribution in [1.82, 2.24) is 9.88 Å². The maximum absolute atomic E-state index is 12.7. The third-order valence-corrected chi connectivity index (χ3v) is 5.27. The van der Waals surface area contributed by atoms with Crippen molar-refractivity contribution in [3.8, 4) is 5.75 Å². The van der Waals surface area contributed by atoms with E-state index in [4.69, 9.17) is 9.15 Å². The number of thiazole rings is 1. The second-order valence-electron chi connectivity index (χ2n) is 6.37. The number of fused-ring (bicyclic) bond motifs is 1. The molecule has 1 saturated heterocycles. The summed E-state index contributed by atoms with van der Waals surface area (Å²) in [4.78, 5) is 30.3. The number of benzene rings is 1. The quantitative estimate of drug-likeness (QED) is 0.708. The lowest BCUT2D eigenvalue weighted by atomic mass is 10.1. The molecule has 4 rings (SSSR count). The molecule has 0 aliphatic carbocycles. The Morgan fingerprint density at radius 2 is 2.08 bits per heavy atom. The van der Waals surface area contributed by atoms with Gasteiger partial charge in [-0.15, -0.1) is 11.3 Å². The minimum atomic E-state index is -0.411. The van der Waals surface area contributed by atoms with Gasteiger partial charge in [0, 0.05) is 37.6 Å². The fourth-order valence-electron chi connectivity index (χ4n) is 3.18. The molecule has 0 spiro atoms. The topological polar surface area (TPSA) is 72.6 Å². The molecule has 0 atom stereocenters. The second kappa shape index (κ2) is 6.92. The third kappa shape index (κ3) is 3.48. The van der Waals surface area contributed by atoms with Gasteiger partial charge < -0.3 is 14.1 Å². The van der Waals surface area contributed by atoms with Crippen LogP contribution in [0.2, 0.25) is 0 Å². The van der Waals surface area contributed by atoms with Gasteiger partial charge in [0.2, 0.25) is 0 Å². The van der Waals surface area contributed by atoms with Gasteiger partial charge in [0.15, 0.2) is 0 Å². The number of carbonyl (C=O) groups is 1. The molecule has 26 heavy (non-hydrogen) atoms. The summed E-state index contributed by atoms with van der Waals surface area (Å²) < 4.78 is 11.9. The molecule has 3 aromatic rings. The van der Waals surface area contributed by atoms with Gasteiger partial charge >= 0.3 is 5.63 Å². The molecule has 134 valence electrons. The van der Waals surface area contributed by atoms with E-state index >= 15 is 0 Å². The summed E-state index contributed by atoms with van der Waals surface area (Å²) in [6, 6.07) is 8.69. The molecule has 2 aromatic heterocycles. The second-order valence-corrected chi connectivity index (χ2v) is 7.25. The van der Waals surface area contributed by atoms with Crippen LogP contribution in [0.1, 0.15) is 29.0 Å². The number of carbonyl (C=O) groups excluding carboxylic acids is 1. The molecule has 3 heterocycles. The van der Waals surface area contributed by atoms with Crippen LogP contribution in [0.15, 0.2) is 45.1 Å². The highest BCUT2D eigenvalue weighted by Crippen LogP contribution is 2.23. The van der Waals surface area contributed by atoms with Crippen molar-refractivity contribution >= 4 is 27.5 Å². The van der Waals surface area contributed by atoms with Crippen LogP contribution in [0, 0.1) is 6.92 Å². The Morgan fingerprint density at radius 1 is 1.27 bits per heavy atom. The zero-order chi connectivity index (χ0) is 18.1. The Balaban J connectivity index is 1.39. The highest BCUT2D eigenvalue weighted by atomic mass is 32.1. The summed E-state index contributed by atoms with van der Waals surface area (Å²) in [7, 11) is 0. The van der Waals surface area contributed by atoms with E-state index < -0.39 is 5.63 Å². The lowest BCUT2D eigenvalue weighted by molar-refractivity contribution is 0.0594. The van der Waals surface area contributed by atoms with Crippen molar-refractivity contribution in [3.05, 3.63) is 57.6 Å². The fourth-order valence-corrected chi connectivity index (χ4v) is 3.90. The van der Waals surface area contributed by atoms with Crippen molar-refractivity contribution in [1.29, 1.82) is 0 Å². The van der Waals surface area contributed by atoms with E-state index in [-0.39, 0.29) is 12.0 Å². The van der Waals surface area contributed by atoms with Crippen LogP contribution in [0.3, 0.4) is 0 Å². The summed E-state index contributed by atoms with van der Waals surface area (Å²) in [6.07, 6.45) is 1.45. The zero-order valence-corrected chi connectivity index (χ0v) is 15.1. The monoisotopic (exact) mass is 370 g/mol. The molecule has 1 aromatic carbocycles. The molecular formula is C19H18N2O4S. The first-order valence-corrected chi connectivity index (χ1v) is 9.37. The van der Waals surface area contributed by atoms with Gasteiger partial charge in [-0.05, 0) is 25.1 Å². The predicted octanol–water partition coefficient (Wildman–Crippen LogP) is 3.24. The van der Waals surface area contributed by atoms with Gasteiger partial charge in [-0.2, -0.15) is 0 Å². The molecule has 7 heteroatoms. The first kappa shape index (κ1) is 16.8. The summed E-state index contributed by atoms with van der Waals surface area (Å²) in [5.74, 6) is 1.09. The number of hydrogen-bond acceptors (Lipinski definition) is 6. The van der Waals surface area contributed by atoms with E-state index in [0.29, 0.717) is 30.2 Å². The average molecular weight is 370 g/mol. The number of ether oxygens (including phenoxy) is 1. The van der Waals surface area contributed by atoms with Crippen LogP contribution in [-0.2, 0) is 0 Å². The predicted molar refractivity (Wildman–Crippen MR) is 98.9 cm³/mol. The maximum Gasteiger partial charge on any atom is 0.339 e.